The fourth-order valence-electron chi connectivity index (χ4n) is 4.15. The van der Waals surface area contributed by atoms with E-state index in [9.17, 15) is 4.79 Å². The topological polar surface area (TPSA) is 44.9 Å². The Kier molecular flexibility index (Phi) is 5.50. The number of carbonyl (C=O) groups is 1. The fourth-order valence-corrected chi connectivity index (χ4v) is 4.15. The van der Waals surface area contributed by atoms with Gasteiger partial charge >= 0.3 is 0 Å². The zero-order chi connectivity index (χ0) is 18.5. The van der Waals surface area contributed by atoms with Crippen molar-refractivity contribution in [3.63, 3.8) is 0 Å². The van der Waals surface area contributed by atoms with Crippen LogP contribution in [0.5, 0.6) is 0 Å². The summed E-state index contributed by atoms with van der Waals surface area (Å²) in [5, 5.41) is 4.73. The number of benzene rings is 2. The van der Waals surface area contributed by atoms with Crippen LogP contribution in [0, 0.1) is 0 Å². The van der Waals surface area contributed by atoms with Gasteiger partial charge in [0.1, 0.15) is 0 Å². The van der Waals surface area contributed by atoms with Crippen LogP contribution in [0.3, 0.4) is 0 Å². The molecule has 1 aliphatic heterocycles. The van der Waals surface area contributed by atoms with E-state index in [-0.39, 0.29) is 0 Å². The Morgan fingerprint density at radius 1 is 1.04 bits per heavy atom. The van der Waals surface area contributed by atoms with Gasteiger partial charge in [-0.15, -0.1) is 0 Å². The summed E-state index contributed by atoms with van der Waals surface area (Å²) in [4.78, 5) is 14.6. The molecule has 1 atom stereocenters. The molecule has 1 unspecified atom stereocenters. The smallest absolute Gasteiger partial charge is 0.150 e. The Morgan fingerprint density at radius 3 is 2.78 bits per heavy atom. The van der Waals surface area contributed by atoms with Crippen molar-refractivity contribution in [2.24, 2.45) is 0 Å². The molecule has 0 fully saturated rings. The van der Waals surface area contributed by atoms with Crippen molar-refractivity contribution in [2.75, 3.05) is 6.54 Å². The number of carbonyl (C=O) groups excluding carboxylic acids is 1. The largest absolute Gasteiger partial charge is 0.361 e. The summed E-state index contributed by atoms with van der Waals surface area (Å²) < 4.78 is 0. The van der Waals surface area contributed by atoms with Crippen LogP contribution in [0.4, 0.5) is 0 Å². The molecule has 0 radical (unpaired) electrons. The first-order valence-electron chi connectivity index (χ1n) is 9.87. The van der Waals surface area contributed by atoms with Crippen LogP contribution in [-0.4, -0.2) is 23.9 Å². The second-order valence-corrected chi connectivity index (χ2v) is 7.35. The van der Waals surface area contributed by atoms with Crippen LogP contribution in [0.1, 0.15) is 47.2 Å². The lowest BCUT2D eigenvalue weighted by Crippen LogP contribution is -2.32. The molecule has 2 N–H and O–H groups in total. The van der Waals surface area contributed by atoms with E-state index in [2.05, 4.69) is 52.9 Å². The first kappa shape index (κ1) is 17.7. The summed E-state index contributed by atoms with van der Waals surface area (Å²) >= 11 is 0. The van der Waals surface area contributed by atoms with E-state index in [4.69, 9.17) is 0 Å². The predicted molar refractivity (Wildman–Crippen MR) is 112 cm³/mol. The van der Waals surface area contributed by atoms with Crippen LogP contribution in [0.25, 0.3) is 16.5 Å². The summed E-state index contributed by atoms with van der Waals surface area (Å²) in [6.45, 7) is 0.958. The fraction of sp³-hybridized carbons (Fsp3) is 0.292. The van der Waals surface area contributed by atoms with Crippen LogP contribution in [0.15, 0.2) is 60.8 Å². The highest BCUT2D eigenvalue weighted by Crippen LogP contribution is 2.26. The third-order valence-corrected chi connectivity index (χ3v) is 5.56. The minimum atomic E-state index is 0.554. The molecule has 3 heteroatoms. The maximum Gasteiger partial charge on any atom is 0.150 e. The molecule has 0 spiro atoms. The van der Waals surface area contributed by atoms with Gasteiger partial charge in [0.05, 0.1) is 0 Å². The maximum atomic E-state index is 11.3. The molecular formula is C24H26N2O. The number of fused-ring (bicyclic) bond motifs is 1. The molecule has 4 rings (SSSR count). The van der Waals surface area contributed by atoms with E-state index in [1.54, 1.807) is 0 Å². The van der Waals surface area contributed by atoms with Crippen LogP contribution in [0.2, 0.25) is 0 Å². The standard InChI is InChI=1S/C24H26N2O/c27-17-21-10-6-12-23-24(21)20(16-26-23)9-4-5-11-22-15-19(13-14-25-22)18-7-2-1-3-8-18/h1-3,6-8,10,12-13,16-17,22,25-26H,4-5,9,11,14-15H2. The lowest BCUT2D eigenvalue weighted by molar-refractivity contribution is 0.112. The van der Waals surface area contributed by atoms with E-state index in [1.165, 1.54) is 29.5 Å². The Labute approximate surface area is 160 Å². The van der Waals surface area contributed by atoms with Crippen LogP contribution in [-0.2, 0) is 6.42 Å². The molecule has 0 amide bonds. The van der Waals surface area contributed by atoms with Crippen molar-refractivity contribution in [3.8, 4) is 0 Å². The molecular weight excluding hydrogens is 332 g/mol. The van der Waals surface area contributed by atoms with Gasteiger partial charge in [0.2, 0.25) is 0 Å². The van der Waals surface area contributed by atoms with Crippen molar-refractivity contribution >= 4 is 22.8 Å². The Morgan fingerprint density at radius 2 is 1.93 bits per heavy atom. The van der Waals surface area contributed by atoms with Crippen molar-refractivity contribution in [1.82, 2.24) is 10.3 Å². The van der Waals surface area contributed by atoms with E-state index in [1.807, 2.05) is 18.2 Å². The highest BCUT2D eigenvalue weighted by Gasteiger charge is 2.16. The first-order chi connectivity index (χ1) is 13.3. The SMILES string of the molecule is O=Cc1cccc2[nH]cc(CCCCC3CC(c4ccccc4)=CCN3)c12. The van der Waals surface area contributed by atoms with Gasteiger partial charge in [0.25, 0.3) is 0 Å². The minimum absolute atomic E-state index is 0.554. The van der Waals surface area contributed by atoms with Gasteiger partial charge in [-0.3, -0.25) is 4.79 Å². The van der Waals surface area contributed by atoms with Gasteiger partial charge in [0.15, 0.2) is 6.29 Å². The lowest BCUT2D eigenvalue weighted by Gasteiger charge is -2.24. The highest BCUT2D eigenvalue weighted by molar-refractivity contribution is 5.98. The van der Waals surface area contributed by atoms with Gasteiger partial charge in [-0.05, 0) is 48.4 Å². The summed E-state index contributed by atoms with van der Waals surface area (Å²) in [6, 6.07) is 17.1. The number of aromatic amines is 1. The third kappa shape index (κ3) is 4.04. The van der Waals surface area contributed by atoms with Gasteiger partial charge < -0.3 is 10.3 Å². The van der Waals surface area contributed by atoms with E-state index >= 15 is 0 Å². The molecule has 27 heavy (non-hydrogen) atoms. The second-order valence-electron chi connectivity index (χ2n) is 7.35. The van der Waals surface area contributed by atoms with Gasteiger partial charge in [-0.2, -0.15) is 0 Å². The maximum absolute atomic E-state index is 11.3. The molecule has 1 aromatic heterocycles. The Bertz CT molecular complexity index is 939. The molecule has 2 aromatic carbocycles. The summed E-state index contributed by atoms with van der Waals surface area (Å²) in [5.41, 5.74) is 5.92. The lowest BCUT2D eigenvalue weighted by atomic mass is 9.92. The van der Waals surface area contributed by atoms with Crippen LogP contribution >= 0.6 is 0 Å². The number of hydrogen-bond acceptors (Lipinski definition) is 2. The zero-order valence-electron chi connectivity index (χ0n) is 15.6. The monoisotopic (exact) mass is 358 g/mol. The second kappa shape index (κ2) is 8.36. The molecule has 1 aliphatic rings. The minimum Gasteiger partial charge on any atom is -0.361 e. The van der Waals surface area contributed by atoms with E-state index in [0.29, 0.717) is 6.04 Å². The number of aldehydes is 1. The Balaban J connectivity index is 1.31. The summed E-state index contributed by atoms with van der Waals surface area (Å²) in [6.07, 6.45) is 11.0. The number of hydrogen-bond donors (Lipinski definition) is 2. The van der Waals surface area contributed by atoms with Crippen molar-refractivity contribution in [3.05, 3.63) is 77.5 Å². The van der Waals surface area contributed by atoms with Gasteiger partial charge in [-0.1, -0.05) is 55.0 Å². The summed E-state index contributed by atoms with van der Waals surface area (Å²) in [5.74, 6) is 0. The van der Waals surface area contributed by atoms with Gasteiger partial charge in [0, 0.05) is 35.2 Å². The van der Waals surface area contributed by atoms with Crippen molar-refractivity contribution < 1.29 is 4.79 Å². The average Bonchev–Trinajstić information content (AvgIpc) is 3.15. The number of aromatic nitrogens is 1. The number of aryl methyl sites for hydroxylation is 1. The quantitative estimate of drug-likeness (QED) is 0.454. The number of unbranched alkanes of at least 4 members (excludes halogenated alkanes) is 1. The van der Waals surface area contributed by atoms with E-state index in [0.717, 1.165) is 48.6 Å². The molecule has 0 saturated carbocycles. The van der Waals surface area contributed by atoms with Crippen molar-refractivity contribution in [1.29, 1.82) is 0 Å². The van der Waals surface area contributed by atoms with Crippen molar-refractivity contribution in [2.45, 2.75) is 38.1 Å². The molecule has 3 aromatic rings. The molecule has 2 heterocycles. The molecule has 0 saturated heterocycles. The van der Waals surface area contributed by atoms with E-state index < -0.39 is 0 Å². The molecule has 0 aliphatic carbocycles. The molecule has 3 nitrogen and oxygen atoms in total. The zero-order valence-corrected chi connectivity index (χ0v) is 15.6. The molecule has 138 valence electrons. The summed E-state index contributed by atoms with van der Waals surface area (Å²) in [7, 11) is 0. The highest BCUT2D eigenvalue weighted by atomic mass is 16.1. The Hall–Kier alpha value is -2.65. The third-order valence-electron chi connectivity index (χ3n) is 5.56. The average molecular weight is 358 g/mol. The molecule has 0 bridgehead atoms. The van der Waals surface area contributed by atoms with Gasteiger partial charge in [-0.25, -0.2) is 0 Å². The number of nitrogens with one attached hydrogen (secondary N) is 2. The number of H-pyrrole nitrogens is 1. The van der Waals surface area contributed by atoms with Crippen LogP contribution < -0.4 is 5.32 Å². The normalized spacial score (nSPS) is 17.0. The predicted octanol–water partition coefficient (Wildman–Crippen LogP) is 5.14. The number of rotatable bonds is 7. The first-order valence-corrected chi connectivity index (χ1v) is 9.87.